The smallest absolute Gasteiger partial charge is 0.161 e. The highest BCUT2D eigenvalue weighted by Gasteiger charge is 2.36. The maximum Gasteiger partial charge on any atom is 0.161 e. The summed E-state index contributed by atoms with van der Waals surface area (Å²) in [7, 11) is 0. The van der Waals surface area contributed by atoms with Gasteiger partial charge in [0.2, 0.25) is 0 Å². The average molecular weight is 284 g/mol. The van der Waals surface area contributed by atoms with Crippen molar-refractivity contribution >= 4 is 17.1 Å². The van der Waals surface area contributed by atoms with Crippen LogP contribution in [-0.2, 0) is 4.79 Å². The number of aryl methyl sites for hydroxylation is 1. The molecule has 0 saturated carbocycles. The minimum absolute atomic E-state index is 0.163. The van der Waals surface area contributed by atoms with Crippen LogP contribution < -0.4 is 5.32 Å². The molecule has 102 valence electrons. The van der Waals surface area contributed by atoms with Crippen molar-refractivity contribution in [3.8, 4) is 6.07 Å². The largest absolute Gasteiger partial charge is 0.361 e. The standard InChI is InChI=1S/C16H16N2OS/c1-9-6-7-20-16(9)14-11(8-17)10(2)18-12-4-3-5-13(19)15(12)14/h6-7,14,18H,3-5H2,1-2H3/t14-/m0/s1. The number of thiophene rings is 1. The molecule has 0 amide bonds. The Morgan fingerprint density at radius 2 is 2.20 bits per heavy atom. The van der Waals surface area contributed by atoms with E-state index in [1.807, 2.05) is 19.2 Å². The number of dihydropyridines is 1. The van der Waals surface area contributed by atoms with Crippen LogP contribution in [0.15, 0.2) is 34.0 Å². The molecule has 0 spiro atoms. The second kappa shape index (κ2) is 4.92. The van der Waals surface area contributed by atoms with Crippen LogP contribution in [0.1, 0.15) is 42.5 Å². The van der Waals surface area contributed by atoms with Crippen molar-refractivity contribution in [3.05, 3.63) is 44.4 Å². The Balaban J connectivity index is 2.21. The number of hydrogen-bond acceptors (Lipinski definition) is 4. The maximum atomic E-state index is 12.4. The highest BCUT2D eigenvalue weighted by Crippen LogP contribution is 2.44. The van der Waals surface area contributed by atoms with Crippen LogP contribution >= 0.6 is 11.3 Å². The van der Waals surface area contributed by atoms with Gasteiger partial charge in [0.1, 0.15) is 0 Å². The lowest BCUT2D eigenvalue weighted by molar-refractivity contribution is -0.116. The molecule has 0 unspecified atom stereocenters. The molecule has 1 N–H and O–H groups in total. The predicted molar refractivity (Wildman–Crippen MR) is 79.1 cm³/mol. The predicted octanol–water partition coefficient (Wildman–Crippen LogP) is 3.55. The number of nitrogens with one attached hydrogen (secondary N) is 1. The first-order valence-electron chi connectivity index (χ1n) is 6.81. The molecule has 3 rings (SSSR count). The number of ketones is 1. The molecule has 1 aliphatic carbocycles. The summed E-state index contributed by atoms with van der Waals surface area (Å²) in [6, 6.07) is 4.37. The van der Waals surface area contributed by atoms with Crippen LogP contribution in [0.3, 0.4) is 0 Å². The van der Waals surface area contributed by atoms with Crippen molar-refractivity contribution in [2.75, 3.05) is 0 Å². The van der Waals surface area contributed by atoms with Crippen LogP contribution in [0, 0.1) is 18.3 Å². The van der Waals surface area contributed by atoms with E-state index < -0.39 is 0 Å². The zero-order valence-corrected chi connectivity index (χ0v) is 12.4. The maximum absolute atomic E-state index is 12.4. The van der Waals surface area contributed by atoms with Gasteiger partial charge in [0.15, 0.2) is 5.78 Å². The molecule has 1 aromatic rings. The van der Waals surface area contributed by atoms with E-state index in [0.29, 0.717) is 12.0 Å². The van der Waals surface area contributed by atoms with E-state index in [2.05, 4.69) is 17.5 Å². The SMILES string of the molecule is CC1=C(C#N)[C@H](c2sccc2C)C2=C(CCCC2=O)N1. The first-order chi connectivity index (χ1) is 9.63. The molecule has 0 aromatic carbocycles. The van der Waals surface area contributed by atoms with Gasteiger partial charge >= 0.3 is 0 Å². The zero-order chi connectivity index (χ0) is 14.3. The lowest BCUT2D eigenvalue weighted by Gasteiger charge is -2.32. The number of carbonyl (C=O) groups excluding carboxylic acids is 1. The summed E-state index contributed by atoms with van der Waals surface area (Å²) in [4.78, 5) is 13.5. The lowest BCUT2D eigenvalue weighted by Crippen LogP contribution is -2.31. The van der Waals surface area contributed by atoms with E-state index in [4.69, 9.17) is 0 Å². The molecule has 3 nitrogen and oxygen atoms in total. The zero-order valence-electron chi connectivity index (χ0n) is 11.6. The number of hydrogen-bond donors (Lipinski definition) is 1. The summed E-state index contributed by atoms with van der Waals surface area (Å²) in [6.45, 7) is 3.98. The number of carbonyl (C=O) groups is 1. The van der Waals surface area contributed by atoms with Gasteiger partial charge in [-0.15, -0.1) is 11.3 Å². The van der Waals surface area contributed by atoms with Crippen molar-refractivity contribution in [2.45, 2.75) is 39.0 Å². The fourth-order valence-corrected chi connectivity index (χ4v) is 4.12. The summed E-state index contributed by atoms with van der Waals surface area (Å²) >= 11 is 1.64. The third-order valence-corrected chi connectivity index (χ3v) is 5.14. The molecular weight excluding hydrogens is 268 g/mol. The minimum Gasteiger partial charge on any atom is -0.361 e. The fraction of sp³-hybridized carbons (Fsp3) is 0.375. The molecule has 1 aliphatic heterocycles. The third-order valence-electron chi connectivity index (χ3n) is 4.06. The lowest BCUT2D eigenvalue weighted by atomic mass is 9.77. The first kappa shape index (κ1) is 13.1. The molecular formula is C16H16N2OS. The Hall–Kier alpha value is -1.86. The van der Waals surface area contributed by atoms with E-state index in [9.17, 15) is 10.1 Å². The average Bonchev–Trinajstić information content (AvgIpc) is 2.83. The van der Waals surface area contributed by atoms with Crippen LogP contribution in [0.5, 0.6) is 0 Å². The van der Waals surface area contributed by atoms with Crippen molar-refractivity contribution in [1.29, 1.82) is 5.26 Å². The second-order valence-corrected chi connectivity index (χ2v) is 6.29. The van der Waals surface area contributed by atoms with Gasteiger partial charge in [-0.05, 0) is 43.7 Å². The summed E-state index contributed by atoms with van der Waals surface area (Å²) < 4.78 is 0. The van der Waals surface area contributed by atoms with Crippen LogP contribution in [0.2, 0.25) is 0 Å². The van der Waals surface area contributed by atoms with E-state index >= 15 is 0 Å². The van der Waals surface area contributed by atoms with Crippen molar-refractivity contribution in [1.82, 2.24) is 5.32 Å². The Morgan fingerprint density at radius 1 is 1.40 bits per heavy atom. The first-order valence-corrected chi connectivity index (χ1v) is 7.69. The summed E-state index contributed by atoms with van der Waals surface area (Å²) in [6.07, 6.45) is 2.40. The van der Waals surface area contributed by atoms with Gasteiger partial charge in [-0.3, -0.25) is 4.79 Å². The van der Waals surface area contributed by atoms with Gasteiger partial charge in [-0.2, -0.15) is 5.26 Å². The van der Waals surface area contributed by atoms with Gasteiger partial charge in [0.25, 0.3) is 0 Å². The molecule has 4 heteroatoms. The highest BCUT2D eigenvalue weighted by molar-refractivity contribution is 7.10. The fourth-order valence-electron chi connectivity index (χ4n) is 3.07. The van der Waals surface area contributed by atoms with E-state index in [1.54, 1.807) is 11.3 Å². The Kier molecular flexibility index (Phi) is 3.23. The number of nitrogens with zero attached hydrogens (tertiary/aromatic N) is 1. The molecule has 2 heterocycles. The van der Waals surface area contributed by atoms with E-state index in [-0.39, 0.29) is 11.7 Å². The van der Waals surface area contributed by atoms with Gasteiger partial charge < -0.3 is 5.32 Å². The highest BCUT2D eigenvalue weighted by atomic mass is 32.1. The van der Waals surface area contributed by atoms with Gasteiger partial charge in [-0.1, -0.05) is 0 Å². The monoisotopic (exact) mass is 284 g/mol. The van der Waals surface area contributed by atoms with Crippen molar-refractivity contribution < 1.29 is 4.79 Å². The summed E-state index contributed by atoms with van der Waals surface area (Å²) in [5.74, 6) is 0.0286. The molecule has 0 radical (unpaired) electrons. The molecule has 0 fully saturated rings. The molecule has 1 atom stereocenters. The number of rotatable bonds is 1. The molecule has 2 aliphatic rings. The van der Waals surface area contributed by atoms with Gasteiger partial charge in [-0.25, -0.2) is 0 Å². The molecule has 1 aromatic heterocycles. The van der Waals surface area contributed by atoms with Crippen LogP contribution in [0.4, 0.5) is 0 Å². The van der Waals surface area contributed by atoms with Crippen LogP contribution in [-0.4, -0.2) is 5.78 Å². The number of Topliss-reactive ketones (excluding diaryl/α,β-unsaturated/α-hetero) is 1. The van der Waals surface area contributed by atoms with Crippen molar-refractivity contribution in [2.24, 2.45) is 0 Å². The normalized spacial score (nSPS) is 22.4. The minimum atomic E-state index is -0.163. The third kappa shape index (κ3) is 1.90. The Morgan fingerprint density at radius 3 is 2.85 bits per heavy atom. The quantitative estimate of drug-likeness (QED) is 0.858. The number of allylic oxidation sites excluding steroid dienone is 4. The Bertz CT molecular complexity index is 688. The topological polar surface area (TPSA) is 52.9 Å². The van der Waals surface area contributed by atoms with Crippen molar-refractivity contribution in [3.63, 3.8) is 0 Å². The van der Waals surface area contributed by atoms with Gasteiger partial charge in [0.05, 0.1) is 17.6 Å². The molecule has 0 bridgehead atoms. The summed E-state index contributed by atoms with van der Waals surface area (Å²) in [5.41, 5.74) is 4.58. The molecule has 0 saturated heterocycles. The van der Waals surface area contributed by atoms with Gasteiger partial charge in [0, 0.05) is 28.3 Å². The number of nitriles is 1. The molecule has 20 heavy (non-hydrogen) atoms. The van der Waals surface area contributed by atoms with Crippen LogP contribution in [0.25, 0.3) is 0 Å². The second-order valence-electron chi connectivity index (χ2n) is 5.35. The Labute approximate surface area is 122 Å². The van der Waals surface area contributed by atoms with E-state index in [1.165, 1.54) is 0 Å². The summed E-state index contributed by atoms with van der Waals surface area (Å²) in [5, 5.41) is 14.8. The van der Waals surface area contributed by atoms with E-state index in [0.717, 1.165) is 40.2 Å².